The molecular weight excluding hydrogens is 250 g/mol. The number of nitrogens with zero attached hydrogens (tertiary/aromatic N) is 1. The zero-order valence-electron chi connectivity index (χ0n) is 12.1. The van der Waals surface area contributed by atoms with Gasteiger partial charge in [0, 0.05) is 11.8 Å². The smallest absolute Gasteiger partial charge is 0.355 e. The van der Waals surface area contributed by atoms with Crippen molar-refractivity contribution in [2.45, 2.75) is 32.6 Å². The summed E-state index contributed by atoms with van der Waals surface area (Å²) in [4.78, 5) is 15.1. The quantitative estimate of drug-likeness (QED) is 0.907. The molecule has 0 fully saturated rings. The number of hydrogen-bond acceptors (Lipinski definition) is 2. The Bertz CT molecular complexity index is 615. The van der Waals surface area contributed by atoms with E-state index in [9.17, 15) is 9.90 Å². The van der Waals surface area contributed by atoms with Gasteiger partial charge in [0.05, 0.1) is 0 Å². The van der Waals surface area contributed by atoms with Crippen molar-refractivity contribution in [1.82, 2.24) is 4.98 Å². The van der Waals surface area contributed by atoms with Crippen LogP contribution < -0.4 is 0 Å². The molecule has 20 heavy (non-hydrogen) atoms. The fourth-order valence-corrected chi connectivity index (χ4v) is 2.11. The van der Waals surface area contributed by atoms with Gasteiger partial charge in [-0.15, -0.1) is 0 Å². The van der Waals surface area contributed by atoms with Gasteiger partial charge in [-0.3, -0.25) is 0 Å². The van der Waals surface area contributed by atoms with Crippen molar-refractivity contribution in [1.29, 1.82) is 0 Å². The van der Waals surface area contributed by atoms with E-state index in [0.29, 0.717) is 5.56 Å². The minimum absolute atomic E-state index is 0.0926. The fraction of sp³-hybridized carbons (Fsp3) is 0.294. The predicted octanol–water partition coefficient (Wildman–Crippen LogP) is 4.13. The number of hydrogen-bond donors (Lipinski definition) is 1. The summed E-state index contributed by atoms with van der Waals surface area (Å²) in [5.74, 6) is -1.00. The molecule has 0 aliphatic heterocycles. The number of benzene rings is 1. The van der Waals surface area contributed by atoms with Crippen molar-refractivity contribution < 1.29 is 9.90 Å². The summed E-state index contributed by atoms with van der Waals surface area (Å²) < 4.78 is 0. The van der Waals surface area contributed by atoms with Crippen LogP contribution in [0.1, 0.15) is 43.2 Å². The average molecular weight is 269 g/mol. The molecule has 0 bridgehead atoms. The average Bonchev–Trinajstić information content (AvgIpc) is 2.47. The minimum Gasteiger partial charge on any atom is -0.476 e. The van der Waals surface area contributed by atoms with Gasteiger partial charge < -0.3 is 5.11 Å². The lowest BCUT2D eigenvalue weighted by Gasteiger charge is -2.23. The van der Waals surface area contributed by atoms with E-state index in [4.69, 9.17) is 0 Å². The SMILES string of the molecule is CCC(C)(C)c1ccc(-c2cccnc2C(=O)O)cc1. The van der Waals surface area contributed by atoms with Gasteiger partial charge in [-0.05, 0) is 29.0 Å². The Morgan fingerprint density at radius 1 is 1.20 bits per heavy atom. The van der Waals surface area contributed by atoms with Crippen LogP contribution in [0.2, 0.25) is 0 Å². The molecule has 104 valence electrons. The van der Waals surface area contributed by atoms with Crippen LogP contribution in [0.3, 0.4) is 0 Å². The number of aromatic nitrogens is 1. The Hall–Kier alpha value is -2.16. The number of carboxylic acid groups (broad SMARTS) is 1. The van der Waals surface area contributed by atoms with Crippen LogP contribution in [0, 0.1) is 0 Å². The minimum atomic E-state index is -1.00. The second-order valence-corrected chi connectivity index (χ2v) is 5.52. The molecule has 1 N–H and O–H groups in total. The Morgan fingerprint density at radius 2 is 1.85 bits per heavy atom. The summed E-state index contributed by atoms with van der Waals surface area (Å²) in [5, 5.41) is 9.19. The molecule has 0 amide bonds. The van der Waals surface area contributed by atoms with Gasteiger partial charge in [0.2, 0.25) is 0 Å². The van der Waals surface area contributed by atoms with Crippen molar-refractivity contribution in [2.75, 3.05) is 0 Å². The second kappa shape index (κ2) is 5.45. The van der Waals surface area contributed by atoms with Gasteiger partial charge in [0.15, 0.2) is 5.69 Å². The Kier molecular flexibility index (Phi) is 3.89. The number of carbonyl (C=O) groups is 1. The van der Waals surface area contributed by atoms with Gasteiger partial charge in [-0.25, -0.2) is 9.78 Å². The van der Waals surface area contributed by atoms with Crippen LogP contribution in [0.15, 0.2) is 42.6 Å². The third-order valence-electron chi connectivity index (χ3n) is 3.87. The van der Waals surface area contributed by atoms with Crippen LogP contribution in [0.4, 0.5) is 0 Å². The molecule has 2 aromatic rings. The third-order valence-corrected chi connectivity index (χ3v) is 3.87. The Morgan fingerprint density at radius 3 is 2.40 bits per heavy atom. The summed E-state index contributed by atoms with van der Waals surface area (Å²) in [7, 11) is 0. The van der Waals surface area contributed by atoms with Crippen LogP contribution in [0.5, 0.6) is 0 Å². The van der Waals surface area contributed by atoms with Crippen molar-refractivity contribution in [3.63, 3.8) is 0 Å². The monoisotopic (exact) mass is 269 g/mol. The summed E-state index contributed by atoms with van der Waals surface area (Å²) >= 11 is 0. The molecule has 3 heteroatoms. The van der Waals surface area contributed by atoms with E-state index < -0.39 is 5.97 Å². The number of aromatic carboxylic acids is 1. The Labute approximate surface area is 119 Å². The van der Waals surface area contributed by atoms with Crippen molar-refractivity contribution >= 4 is 5.97 Å². The zero-order chi connectivity index (χ0) is 14.8. The molecule has 0 saturated heterocycles. The molecule has 1 aromatic heterocycles. The van der Waals surface area contributed by atoms with Crippen molar-refractivity contribution in [3.8, 4) is 11.1 Å². The first-order valence-corrected chi connectivity index (χ1v) is 6.75. The summed E-state index contributed by atoms with van der Waals surface area (Å²) in [6.45, 7) is 6.57. The van der Waals surface area contributed by atoms with Gasteiger partial charge in [0.25, 0.3) is 0 Å². The highest BCUT2D eigenvalue weighted by Gasteiger charge is 2.18. The van der Waals surface area contributed by atoms with Crippen LogP contribution in [0.25, 0.3) is 11.1 Å². The Balaban J connectivity index is 2.43. The lowest BCUT2D eigenvalue weighted by molar-refractivity contribution is 0.0691. The largest absolute Gasteiger partial charge is 0.476 e. The van der Waals surface area contributed by atoms with Gasteiger partial charge in [0.1, 0.15) is 0 Å². The normalized spacial score (nSPS) is 11.3. The standard InChI is InChI=1S/C17H19NO2/c1-4-17(2,3)13-9-7-12(8-10-13)14-6-5-11-18-15(14)16(19)20/h5-11H,4H2,1-3H3,(H,19,20). The summed E-state index contributed by atoms with van der Waals surface area (Å²) in [6, 6.07) is 11.6. The molecule has 0 aliphatic rings. The molecule has 1 heterocycles. The van der Waals surface area contributed by atoms with E-state index in [0.717, 1.165) is 12.0 Å². The second-order valence-electron chi connectivity index (χ2n) is 5.52. The maximum Gasteiger partial charge on any atom is 0.355 e. The lowest BCUT2D eigenvalue weighted by atomic mass is 9.82. The van der Waals surface area contributed by atoms with Gasteiger partial charge in [-0.2, -0.15) is 0 Å². The van der Waals surface area contributed by atoms with Gasteiger partial charge >= 0.3 is 5.97 Å². The van der Waals surface area contributed by atoms with Gasteiger partial charge in [-0.1, -0.05) is 51.1 Å². The number of pyridine rings is 1. The van der Waals surface area contributed by atoms with E-state index in [2.05, 4.69) is 37.9 Å². The van der Waals surface area contributed by atoms with Crippen LogP contribution >= 0.6 is 0 Å². The summed E-state index contributed by atoms with van der Waals surface area (Å²) in [6.07, 6.45) is 2.56. The first-order chi connectivity index (χ1) is 9.45. The molecule has 0 saturated carbocycles. The predicted molar refractivity (Wildman–Crippen MR) is 79.9 cm³/mol. The van der Waals surface area contributed by atoms with Crippen molar-refractivity contribution in [2.24, 2.45) is 0 Å². The van der Waals surface area contributed by atoms with Crippen molar-refractivity contribution in [3.05, 3.63) is 53.9 Å². The number of rotatable bonds is 4. The third kappa shape index (κ3) is 2.72. The number of carboxylic acids is 1. The first-order valence-electron chi connectivity index (χ1n) is 6.75. The molecule has 1 aromatic carbocycles. The fourth-order valence-electron chi connectivity index (χ4n) is 2.11. The maximum atomic E-state index is 11.2. The molecule has 0 atom stereocenters. The topological polar surface area (TPSA) is 50.2 Å². The summed E-state index contributed by atoms with van der Waals surface area (Å²) in [5.41, 5.74) is 3.01. The van der Waals surface area contributed by atoms with E-state index in [1.807, 2.05) is 12.1 Å². The molecular formula is C17H19NO2. The molecule has 3 nitrogen and oxygen atoms in total. The first kappa shape index (κ1) is 14.3. The van der Waals surface area contributed by atoms with E-state index >= 15 is 0 Å². The zero-order valence-corrected chi connectivity index (χ0v) is 12.1. The lowest BCUT2D eigenvalue weighted by Crippen LogP contribution is -2.15. The highest BCUT2D eigenvalue weighted by Crippen LogP contribution is 2.29. The molecule has 0 spiro atoms. The molecule has 0 radical (unpaired) electrons. The van der Waals surface area contributed by atoms with E-state index in [1.165, 1.54) is 11.8 Å². The highest BCUT2D eigenvalue weighted by atomic mass is 16.4. The van der Waals surface area contributed by atoms with Crippen LogP contribution in [-0.2, 0) is 5.41 Å². The van der Waals surface area contributed by atoms with E-state index in [1.54, 1.807) is 12.1 Å². The highest BCUT2D eigenvalue weighted by molar-refractivity contribution is 5.93. The molecule has 0 aliphatic carbocycles. The molecule has 2 rings (SSSR count). The molecule has 0 unspecified atom stereocenters. The van der Waals surface area contributed by atoms with E-state index in [-0.39, 0.29) is 11.1 Å². The maximum absolute atomic E-state index is 11.2. The van der Waals surface area contributed by atoms with Crippen LogP contribution in [-0.4, -0.2) is 16.1 Å².